The van der Waals surface area contributed by atoms with Crippen molar-refractivity contribution in [3.8, 4) is 0 Å². The van der Waals surface area contributed by atoms with Crippen molar-refractivity contribution in [3.63, 3.8) is 0 Å². The molecule has 0 aliphatic carbocycles. The number of hydrogen-bond acceptors (Lipinski definition) is 4. The molecule has 0 aliphatic rings. The molecule has 0 fully saturated rings. The van der Waals surface area contributed by atoms with E-state index in [0.29, 0.717) is 6.54 Å². The molecule has 5 aromatic carbocycles. The number of rotatable bonds is 14. The van der Waals surface area contributed by atoms with Crippen molar-refractivity contribution in [1.82, 2.24) is 4.90 Å². The standard InChI is InChI=1S/C44H49NO3P/c1-35(37-24-12-6-13-25-37)45(34-36-22-10-5-11-23-36)41(42(46)43(47)48-44(2,3)4)32-20-21-33-49(38-26-14-7-15-27-38,39-28-16-8-17-29-39)40-30-18-9-19-31-40/h5-20,22-32,35,41-42,46H,21,33-34H2,1-4H3/q+1/b32-20+/t35-,41-,42-/m1/s1. The van der Waals surface area contributed by atoms with Gasteiger partial charge in [0.1, 0.15) is 28.8 Å². The van der Waals surface area contributed by atoms with Gasteiger partial charge in [-0.3, -0.25) is 4.90 Å². The summed E-state index contributed by atoms with van der Waals surface area (Å²) in [5, 5.41) is 15.8. The van der Waals surface area contributed by atoms with E-state index < -0.39 is 31.0 Å². The highest BCUT2D eigenvalue weighted by molar-refractivity contribution is 7.95. The number of aliphatic hydroxyl groups is 1. The number of aliphatic hydroxyl groups excluding tert-OH is 1. The molecule has 5 heteroatoms. The largest absolute Gasteiger partial charge is 0.458 e. The predicted octanol–water partition coefficient (Wildman–Crippen LogP) is 8.26. The summed E-state index contributed by atoms with van der Waals surface area (Å²) in [4.78, 5) is 15.7. The first-order valence-electron chi connectivity index (χ1n) is 17.2. The molecule has 252 valence electrons. The Labute approximate surface area is 293 Å². The number of hydrogen-bond donors (Lipinski definition) is 1. The summed E-state index contributed by atoms with van der Waals surface area (Å²) in [6, 6.07) is 52.3. The predicted molar refractivity (Wildman–Crippen MR) is 206 cm³/mol. The quantitative estimate of drug-likeness (QED) is 0.0735. The van der Waals surface area contributed by atoms with Crippen LogP contribution in [0.15, 0.2) is 164 Å². The summed E-state index contributed by atoms with van der Waals surface area (Å²) in [6.07, 6.45) is 4.46. The first kappa shape index (κ1) is 36.0. The Bertz CT molecular complexity index is 1640. The fourth-order valence-corrected chi connectivity index (χ4v) is 10.8. The molecule has 0 spiro atoms. The van der Waals surface area contributed by atoms with Crippen LogP contribution in [0.2, 0.25) is 0 Å². The van der Waals surface area contributed by atoms with Crippen molar-refractivity contribution in [2.45, 2.75) is 64.4 Å². The highest BCUT2D eigenvalue weighted by atomic mass is 31.2. The van der Waals surface area contributed by atoms with Crippen LogP contribution in [0.5, 0.6) is 0 Å². The second kappa shape index (κ2) is 16.9. The zero-order chi connectivity index (χ0) is 34.7. The van der Waals surface area contributed by atoms with Crippen LogP contribution < -0.4 is 15.9 Å². The number of carbonyl (C=O) groups excluding carboxylic acids is 1. The highest BCUT2D eigenvalue weighted by Crippen LogP contribution is 2.55. The van der Waals surface area contributed by atoms with Crippen LogP contribution in [-0.2, 0) is 16.1 Å². The average molecular weight is 671 g/mol. The number of benzene rings is 5. The van der Waals surface area contributed by atoms with Crippen LogP contribution in [0, 0.1) is 0 Å². The van der Waals surface area contributed by atoms with E-state index in [4.69, 9.17) is 4.74 Å². The van der Waals surface area contributed by atoms with E-state index in [1.54, 1.807) is 0 Å². The Morgan fingerprint density at radius 3 is 1.59 bits per heavy atom. The zero-order valence-corrected chi connectivity index (χ0v) is 30.0. The summed E-state index contributed by atoms with van der Waals surface area (Å²) < 4.78 is 5.76. The van der Waals surface area contributed by atoms with Gasteiger partial charge >= 0.3 is 5.97 Å². The first-order valence-corrected chi connectivity index (χ1v) is 19.1. The van der Waals surface area contributed by atoms with Gasteiger partial charge in [-0.05, 0) is 75.2 Å². The van der Waals surface area contributed by atoms with Gasteiger partial charge in [-0.1, -0.05) is 127 Å². The maximum atomic E-state index is 13.5. The smallest absolute Gasteiger partial charge is 0.337 e. The number of allylic oxidation sites excluding steroid dienone is 1. The third-order valence-electron chi connectivity index (χ3n) is 8.90. The molecule has 0 radical (unpaired) electrons. The minimum atomic E-state index is -2.05. The van der Waals surface area contributed by atoms with Gasteiger partial charge < -0.3 is 9.84 Å². The van der Waals surface area contributed by atoms with Gasteiger partial charge in [-0.25, -0.2) is 4.79 Å². The second-order valence-electron chi connectivity index (χ2n) is 13.5. The van der Waals surface area contributed by atoms with Crippen molar-refractivity contribution >= 4 is 29.1 Å². The van der Waals surface area contributed by atoms with Gasteiger partial charge in [-0.15, -0.1) is 0 Å². The van der Waals surface area contributed by atoms with Gasteiger partial charge in [0.2, 0.25) is 0 Å². The molecular formula is C44H49NO3P+. The van der Waals surface area contributed by atoms with Crippen molar-refractivity contribution in [2.75, 3.05) is 6.16 Å². The van der Waals surface area contributed by atoms with Crippen LogP contribution >= 0.6 is 7.26 Å². The van der Waals surface area contributed by atoms with Crippen LogP contribution in [0.25, 0.3) is 0 Å². The Morgan fingerprint density at radius 1 is 0.714 bits per heavy atom. The van der Waals surface area contributed by atoms with Crippen LogP contribution in [0.1, 0.15) is 51.3 Å². The van der Waals surface area contributed by atoms with Gasteiger partial charge in [-0.2, -0.15) is 0 Å². The molecule has 5 rings (SSSR count). The zero-order valence-electron chi connectivity index (χ0n) is 29.1. The van der Waals surface area contributed by atoms with E-state index in [1.807, 2.05) is 63.2 Å². The molecular weight excluding hydrogens is 621 g/mol. The SMILES string of the molecule is C[C@H](c1ccccc1)N(Cc1ccccc1)[C@H](/C=C/CC[P+](c1ccccc1)(c1ccccc1)c1ccccc1)[C@@H](O)C(=O)OC(C)(C)C. The molecule has 5 aromatic rings. The molecule has 0 saturated carbocycles. The maximum absolute atomic E-state index is 13.5. The molecule has 0 saturated heterocycles. The van der Waals surface area contributed by atoms with E-state index >= 15 is 0 Å². The van der Waals surface area contributed by atoms with E-state index in [0.717, 1.165) is 23.7 Å². The second-order valence-corrected chi connectivity index (χ2v) is 17.1. The Balaban J connectivity index is 1.55. The Hall–Kier alpha value is -4.34. The molecule has 0 aliphatic heterocycles. The van der Waals surface area contributed by atoms with Crippen molar-refractivity contribution < 1.29 is 14.6 Å². The van der Waals surface area contributed by atoms with Crippen LogP contribution in [0.3, 0.4) is 0 Å². The van der Waals surface area contributed by atoms with E-state index in [9.17, 15) is 9.90 Å². The number of nitrogens with zero attached hydrogens (tertiary/aromatic N) is 1. The Morgan fingerprint density at radius 2 is 1.14 bits per heavy atom. The molecule has 0 heterocycles. The summed E-state index contributed by atoms with van der Waals surface area (Å²) in [5.41, 5.74) is 1.48. The molecule has 0 aromatic heterocycles. The van der Waals surface area contributed by atoms with Crippen LogP contribution in [-0.4, -0.2) is 39.9 Å². The molecule has 49 heavy (non-hydrogen) atoms. The third kappa shape index (κ3) is 9.22. The monoisotopic (exact) mass is 670 g/mol. The maximum Gasteiger partial charge on any atom is 0.337 e. The lowest BCUT2D eigenvalue weighted by atomic mass is 9.99. The minimum Gasteiger partial charge on any atom is -0.458 e. The lowest BCUT2D eigenvalue weighted by Crippen LogP contribution is -2.48. The third-order valence-corrected chi connectivity index (χ3v) is 13.4. The highest BCUT2D eigenvalue weighted by Gasteiger charge is 2.44. The summed E-state index contributed by atoms with van der Waals surface area (Å²) in [6.45, 7) is 8.17. The lowest BCUT2D eigenvalue weighted by molar-refractivity contribution is -0.168. The average Bonchev–Trinajstić information content (AvgIpc) is 3.13. The van der Waals surface area contributed by atoms with Gasteiger partial charge in [0.15, 0.2) is 6.10 Å². The molecule has 0 amide bonds. The first-order chi connectivity index (χ1) is 23.7. The van der Waals surface area contributed by atoms with E-state index in [1.165, 1.54) is 15.9 Å². The summed E-state index contributed by atoms with van der Waals surface area (Å²) in [5.74, 6) is -0.625. The topological polar surface area (TPSA) is 49.8 Å². The van der Waals surface area contributed by atoms with E-state index in [-0.39, 0.29) is 6.04 Å². The minimum absolute atomic E-state index is 0.0994. The number of carbonyl (C=O) groups is 1. The fourth-order valence-electron chi connectivity index (χ4n) is 6.50. The lowest BCUT2D eigenvalue weighted by Gasteiger charge is -2.38. The van der Waals surface area contributed by atoms with Crippen molar-refractivity contribution in [2.24, 2.45) is 0 Å². The Kier molecular flexibility index (Phi) is 12.4. The van der Waals surface area contributed by atoms with Crippen LogP contribution in [0.4, 0.5) is 0 Å². The molecule has 4 nitrogen and oxygen atoms in total. The van der Waals surface area contributed by atoms with E-state index in [2.05, 4.69) is 133 Å². The normalized spacial score (nSPS) is 14.0. The van der Waals surface area contributed by atoms with Crippen molar-refractivity contribution in [1.29, 1.82) is 0 Å². The molecule has 0 bridgehead atoms. The molecule has 3 atom stereocenters. The number of esters is 1. The van der Waals surface area contributed by atoms with Crippen molar-refractivity contribution in [3.05, 3.63) is 175 Å². The molecule has 1 N–H and O–H groups in total. The summed E-state index contributed by atoms with van der Waals surface area (Å²) in [7, 11) is -2.05. The van der Waals surface area contributed by atoms with Gasteiger partial charge in [0.25, 0.3) is 0 Å². The van der Waals surface area contributed by atoms with Gasteiger partial charge in [0.05, 0.1) is 12.2 Å². The van der Waals surface area contributed by atoms with Gasteiger partial charge in [0, 0.05) is 19.0 Å². The number of ether oxygens (including phenoxy) is 1. The fraction of sp³-hybridized carbons (Fsp3) is 0.250. The molecule has 0 unspecified atom stereocenters. The summed E-state index contributed by atoms with van der Waals surface area (Å²) >= 11 is 0.